The summed E-state index contributed by atoms with van der Waals surface area (Å²) in [6.07, 6.45) is 3.71. The number of hydrogen-bond donors (Lipinski definition) is 1. The van der Waals surface area contributed by atoms with Crippen molar-refractivity contribution >= 4 is 5.91 Å². The van der Waals surface area contributed by atoms with Gasteiger partial charge in [0.25, 0.3) is 0 Å². The number of nitrogens with zero attached hydrogens (tertiary/aromatic N) is 1. The van der Waals surface area contributed by atoms with E-state index < -0.39 is 0 Å². The molecule has 0 aliphatic carbocycles. The number of likely N-dealkylation sites (tertiary alicyclic amines) is 1. The molecule has 1 amide bonds. The van der Waals surface area contributed by atoms with Crippen LogP contribution >= 0.6 is 0 Å². The predicted molar refractivity (Wildman–Crippen MR) is 82.5 cm³/mol. The maximum Gasteiger partial charge on any atom is 0.223 e. The third-order valence-electron chi connectivity index (χ3n) is 4.55. The summed E-state index contributed by atoms with van der Waals surface area (Å²) < 4.78 is 0. The van der Waals surface area contributed by atoms with Gasteiger partial charge in [-0.25, -0.2) is 0 Å². The van der Waals surface area contributed by atoms with Crippen molar-refractivity contribution in [3.8, 4) is 0 Å². The van der Waals surface area contributed by atoms with Crippen molar-refractivity contribution in [2.75, 3.05) is 13.1 Å². The predicted octanol–water partition coefficient (Wildman–Crippen LogP) is 2.51. The maximum atomic E-state index is 12.5. The molecule has 0 saturated carbocycles. The fourth-order valence-electron chi connectivity index (χ4n) is 3.19. The van der Waals surface area contributed by atoms with Gasteiger partial charge < -0.3 is 10.6 Å². The van der Waals surface area contributed by atoms with E-state index in [2.05, 4.69) is 26.0 Å². The number of nitrogens with two attached hydrogens (primary N) is 1. The van der Waals surface area contributed by atoms with Crippen LogP contribution in [-0.4, -0.2) is 29.9 Å². The van der Waals surface area contributed by atoms with Gasteiger partial charge >= 0.3 is 0 Å². The number of benzene rings is 1. The molecule has 0 radical (unpaired) electrons. The first-order valence-corrected chi connectivity index (χ1v) is 7.67. The lowest BCUT2D eigenvalue weighted by atomic mass is 9.90. The van der Waals surface area contributed by atoms with Crippen LogP contribution in [0.5, 0.6) is 0 Å². The number of carbonyl (C=O) groups is 1. The molecule has 110 valence electrons. The van der Waals surface area contributed by atoms with Crippen molar-refractivity contribution in [2.45, 2.75) is 45.6 Å². The molecule has 0 bridgehead atoms. The molecule has 1 saturated heterocycles. The van der Waals surface area contributed by atoms with Crippen LogP contribution in [0.2, 0.25) is 0 Å². The standard InChI is InChI=1S/C17H26N2O/c1-13-6-3-4-8-15(13)9-10-17(20)19-11-5-7-14(2)16(19)12-18/h3-4,6,8,14,16H,5,7,9-12,18H2,1-2H3. The van der Waals surface area contributed by atoms with Crippen molar-refractivity contribution in [2.24, 2.45) is 11.7 Å². The van der Waals surface area contributed by atoms with Gasteiger partial charge in [0.15, 0.2) is 0 Å². The van der Waals surface area contributed by atoms with Gasteiger partial charge in [0.2, 0.25) is 5.91 Å². The number of hydrogen-bond acceptors (Lipinski definition) is 2. The molecule has 1 aromatic rings. The number of carbonyl (C=O) groups excluding carboxylic acids is 1. The first kappa shape index (κ1) is 15.0. The Bertz CT molecular complexity index is 458. The Labute approximate surface area is 122 Å². The van der Waals surface area contributed by atoms with E-state index in [0.29, 0.717) is 18.9 Å². The van der Waals surface area contributed by atoms with E-state index in [1.807, 2.05) is 17.0 Å². The molecule has 2 N–H and O–H groups in total. The highest BCUT2D eigenvalue weighted by Crippen LogP contribution is 2.23. The zero-order valence-corrected chi connectivity index (χ0v) is 12.6. The minimum absolute atomic E-state index is 0.230. The lowest BCUT2D eigenvalue weighted by molar-refractivity contribution is -0.136. The highest BCUT2D eigenvalue weighted by atomic mass is 16.2. The van der Waals surface area contributed by atoms with Crippen molar-refractivity contribution in [3.05, 3.63) is 35.4 Å². The van der Waals surface area contributed by atoms with E-state index in [1.54, 1.807) is 0 Å². The van der Waals surface area contributed by atoms with Gasteiger partial charge in [-0.1, -0.05) is 31.2 Å². The minimum atomic E-state index is 0.230. The molecule has 2 unspecified atom stereocenters. The van der Waals surface area contributed by atoms with Crippen LogP contribution < -0.4 is 5.73 Å². The molecule has 3 nitrogen and oxygen atoms in total. The molecule has 2 rings (SSSR count). The lowest BCUT2D eigenvalue weighted by Crippen LogP contribution is -2.51. The van der Waals surface area contributed by atoms with Gasteiger partial charge in [-0.3, -0.25) is 4.79 Å². The minimum Gasteiger partial charge on any atom is -0.338 e. The summed E-state index contributed by atoms with van der Waals surface area (Å²) in [5.74, 6) is 0.784. The molecule has 2 atom stereocenters. The van der Waals surface area contributed by atoms with Gasteiger partial charge in [-0.05, 0) is 43.2 Å². The molecule has 1 fully saturated rings. The van der Waals surface area contributed by atoms with E-state index in [0.717, 1.165) is 19.4 Å². The van der Waals surface area contributed by atoms with E-state index in [4.69, 9.17) is 5.73 Å². The Morgan fingerprint density at radius 3 is 2.85 bits per heavy atom. The highest BCUT2D eigenvalue weighted by molar-refractivity contribution is 5.77. The summed E-state index contributed by atoms with van der Waals surface area (Å²) in [7, 11) is 0. The van der Waals surface area contributed by atoms with Gasteiger partial charge in [0.1, 0.15) is 0 Å². The Morgan fingerprint density at radius 1 is 1.40 bits per heavy atom. The Kier molecular flexibility index (Phi) is 5.18. The smallest absolute Gasteiger partial charge is 0.223 e. The Hall–Kier alpha value is -1.35. The molecule has 1 aliphatic rings. The highest BCUT2D eigenvalue weighted by Gasteiger charge is 2.30. The largest absolute Gasteiger partial charge is 0.338 e. The van der Waals surface area contributed by atoms with Crippen LogP contribution in [0.25, 0.3) is 0 Å². The molecule has 20 heavy (non-hydrogen) atoms. The first-order chi connectivity index (χ1) is 9.63. The van der Waals surface area contributed by atoms with Crippen molar-refractivity contribution in [1.82, 2.24) is 4.90 Å². The summed E-state index contributed by atoms with van der Waals surface area (Å²) in [5.41, 5.74) is 8.40. The fraction of sp³-hybridized carbons (Fsp3) is 0.588. The molecule has 1 aliphatic heterocycles. The average Bonchev–Trinajstić information content (AvgIpc) is 2.46. The average molecular weight is 274 g/mol. The van der Waals surface area contributed by atoms with Crippen LogP contribution in [0.4, 0.5) is 0 Å². The Morgan fingerprint density at radius 2 is 2.15 bits per heavy atom. The second kappa shape index (κ2) is 6.89. The van der Waals surface area contributed by atoms with Crippen LogP contribution in [0, 0.1) is 12.8 Å². The van der Waals surface area contributed by atoms with Crippen molar-refractivity contribution in [1.29, 1.82) is 0 Å². The fourth-order valence-corrected chi connectivity index (χ4v) is 3.19. The van der Waals surface area contributed by atoms with Crippen LogP contribution in [-0.2, 0) is 11.2 Å². The molecule has 3 heteroatoms. The second-order valence-corrected chi connectivity index (χ2v) is 5.94. The zero-order chi connectivity index (χ0) is 14.5. The second-order valence-electron chi connectivity index (χ2n) is 5.94. The first-order valence-electron chi connectivity index (χ1n) is 7.67. The normalized spacial score (nSPS) is 22.9. The van der Waals surface area contributed by atoms with Gasteiger partial charge in [0, 0.05) is 25.6 Å². The number of piperidine rings is 1. The maximum absolute atomic E-state index is 12.5. The van der Waals surface area contributed by atoms with Gasteiger partial charge in [-0.2, -0.15) is 0 Å². The quantitative estimate of drug-likeness (QED) is 0.917. The van der Waals surface area contributed by atoms with E-state index in [-0.39, 0.29) is 11.9 Å². The monoisotopic (exact) mass is 274 g/mol. The SMILES string of the molecule is Cc1ccccc1CCC(=O)N1CCCC(C)C1CN. The number of amides is 1. The third kappa shape index (κ3) is 3.40. The molecule has 0 aromatic heterocycles. The summed E-state index contributed by atoms with van der Waals surface area (Å²) in [6.45, 7) is 5.76. The van der Waals surface area contributed by atoms with Crippen molar-refractivity contribution < 1.29 is 4.79 Å². The number of aryl methyl sites for hydroxylation is 2. The Balaban J connectivity index is 1.96. The van der Waals surface area contributed by atoms with Crippen LogP contribution in [0.3, 0.4) is 0 Å². The van der Waals surface area contributed by atoms with E-state index in [1.165, 1.54) is 17.5 Å². The summed E-state index contributed by atoms with van der Waals surface area (Å²) >= 11 is 0. The van der Waals surface area contributed by atoms with Gasteiger partial charge in [0.05, 0.1) is 0 Å². The summed E-state index contributed by atoms with van der Waals surface area (Å²) in [5, 5.41) is 0. The number of rotatable bonds is 4. The van der Waals surface area contributed by atoms with Gasteiger partial charge in [-0.15, -0.1) is 0 Å². The van der Waals surface area contributed by atoms with Crippen molar-refractivity contribution in [3.63, 3.8) is 0 Å². The summed E-state index contributed by atoms with van der Waals surface area (Å²) in [6, 6.07) is 8.52. The molecular formula is C17H26N2O. The molecule has 1 heterocycles. The third-order valence-corrected chi connectivity index (χ3v) is 4.55. The molecule has 1 aromatic carbocycles. The summed E-state index contributed by atoms with van der Waals surface area (Å²) in [4.78, 5) is 14.5. The zero-order valence-electron chi connectivity index (χ0n) is 12.6. The topological polar surface area (TPSA) is 46.3 Å². The van der Waals surface area contributed by atoms with E-state index in [9.17, 15) is 4.79 Å². The van der Waals surface area contributed by atoms with Crippen LogP contribution in [0.15, 0.2) is 24.3 Å². The molecule has 0 spiro atoms. The molecular weight excluding hydrogens is 248 g/mol. The lowest BCUT2D eigenvalue weighted by Gasteiger charge is -2.39. The van der Waals surface area contributed by atoms with E-state index >= 15 is 0 Å². The van der Waals surface area contributed by atoms with Crippen LogP contribution in [0.1, 0.15) is 37.3 Å².